The van der Waals surface area contributed by atoms with Crippen molar-refractivity contribution in [3.63, 3.8) is 0 Å². The number of nitrogens with one attached hydrogen (secondary N) is 2. The van der Waals surface area contributed by atoms with Gasteiger partial charge in [0.1, 0.15) is 6.04 Å². The first-order valence-electron chi connectivity index (χ1n) is 12.0. The van der Waals surface area contributed by atoms with E-state index in [2.05, 4.69) is 10.6 Å². The molecule has 2 N–H and O–H groups in total. The van der Waals surface area contributed by atoms with Crippen molar-refractivity contribution in [2.45, 2.75) is 32.4 Å². The summed E-state index contributed by atoms with van der Waals surface area (Å²) >= 11 is 0. The smallest absolute Gasteiger partial charge is 0.253 e. The lowest BCUT2D eigenvalue weighted by Crippen LogP contribution is -2.53. The van der Waals surface area contributed by atoms with Gasteiger partial charge in [-0.2, -0.15) is 0 Å². The van der Waals surface area contributed by atoms with Crippen molar-refractivity contribution in [3.8, 4) is 0 Å². The summed E-state index contributed by atoms with van der Waals surface area (Å²) in [6.07, 6.45) is 1.27. The van der Waals surface area contributed by atoms with Gasteiger partial charge in [0.2, 0.25) is 5.91 Å². The molecule has 0 saturated carbocycles. The van der Waals surface area contributed by atoms with Crippen LogP contribution in [0.1, 0.15) is 44.7 Å². The van der Waals surface area contributed by atoms with Crippen LogP contribution < -0.4 is 10.6 Å². The van der Waals surface area contributed by atoms with Crippen molar-refractivity contribution >= 4 is 17.7 Å². The molecular formula is C29H31N3O3. The molecular weight excluding hydrogens is 438 g/mol. The molecule has 1 unspecified atom stereocenters. The van der Waals surface area contributed by atoms with Gasteiger partial charge in [-0.3, -0.25) is 14.4 Å². The number of carbonyl (C=O) groups is 3. The van der Waals surface area contributed by atoms with Gasteiger partial charge >= 0.3 is 0 Å². The van der Waals surface area contributed by atoms with Crippen LogP contribution in [-0.2, 0) is 11.3 Å². The number of likely N-dealkylation sites (tertiary alicyclic amines) is 1. The largest absolute Gasteiger partial charge is 0.350 e. The molecule has 4 rings (SSSR count). The van der Waals surface area contributed by atoms with Crippen molar-refractivity contribution in [2.75, 3.05) is 13.1 Å². The molecule has 3 aromatic rings. The Morgan fingerprint density at radius 3 is 2.14 bits per heavy atom. The molecule has 1 heterocycles. The lowest BCUT2D eigenvalue weighted by molar-refractivity contribution is -0.124. The molecule has 0 aliphatic carbocycles. The van der Waals surface area contributed by atoms with Crippen molar-refractivity contribution in [1.82, 2.24) is 15.5 Å². The minimum atomic E-state index is -0.678. The number of benzene rings is 3. The van der Waals surface area contributed by atoms with Gasteiger partial charge in [0.05, 0.1) is 0 Å². The Kier molecular flexibility index (Phi) is 7.93. The molecule has 0 radical (unpaired) electrons. The minimum absolute atomic E-state index is 0.00514. The average molecular weight is 470 g/mol. The maximum atomic E-state index is 13.3. The molecule has 3 amide bonds. The Hall–Kier alpha value is -3.93. The summed E-state index contributed by atoms with van der Waals surface area (Å²) < 4.78 is 0. The number of amides is 3. The Morgan fingerprint density at radius 2 is 1.49 bits per heavy atom. The van der Waals surface area contributed by atoms with E-state index in [1.807, 2.05) is 72.5 Å². The molecule has 35 heavy (non-hydrogen) atoms. The van der Waals surface area contributed by atoms with E-state index >= 15 is 0 Å². The Balaban J connectivity index is 1.44. The highest BCUT2D eigenvalue weighted by Crippen LogP contribution is 2.23. The van der Waals surface area contributed by atoms with Gasteiger partial charge in [0.25, 0.3) is 11.8 Å². The maximum Gasteiger partial charge on any atom is 0.253 e. The zero-order valence-electron chi connectivity index (χ0n) is 19.9. The molecule has 0 spiro atoms. The van der Waals surface area contributed by atoms with Gasteiger partial charge in [0.15, 0.2) is 0 Å². The zero-order valence-corrected chi connectivity index (χ0v) is 19.9. The predicted octanol–water partition coefficient (Wildman–Crippen LogP) is 3.96. The molecule has 180 valence electrons. The predicted molar refractivity (Wildman–Crippen MR) is 136 cm³/mol. The summed E-state index contributed by atoms with van der Waals surface area (Å²) in [5, 5.41) is 5.95. The first-order valence-corrected chi connectivity index (χ1v) is 12.0. The van der Waals surface area contributed by atoms with Gasteiger partial charge in [-0.25, -0.2) is 0 Å². The monoisotopic (exact) mass is 469 g/mol. The fraction of sp³-hybridized carbons (Fsp3) is 0.276. The highest BCUT2D eigenvalue weighted by Gasteiger charge is 2.34. The number of carbonyl (C=O) groups excluding carboxylic acids is 3. The molecule has 0 bridgehead atoms. The van der Waals surface area contributed by atoms with Gasteiger partial charge in [-0.05, 0) is 55.5 Å². The van der Waals surface area contributed by atoms with E-state index in [0.717, 1.165) is 11.1 Å². The number of piperidine rings is 1. The topological polar surface area (TPSA) is 78.5 Å². The third kappa shape index (κ3) is 6.35. The Morgan fingerprint density at radius 1 is 0.857 bits per heavy atom. The van der Waals surface area contributed by atoms with Gasteiger partial charge in [0, 0.05) is 30.8 Å². The summed E-state index contributed by atoms with van der Waals surface area (Å²) in [6.45, 7) is 3.45. The first-order chi connectivity index (χ1) is 17.0. The van der Waals surface area contributed by atoms with Crippen LogP contribution in [0.15, 0.2) is 84.9 Å². The van der Waals surface area contributed by atoms with Crippen LogP contribution in [0.25, 0.3) is 0 Å². The van der Waals surface area contributed by atoms with E-state index in [0.29, 0.717) is 43.6 Å². The summed E-state index contributed by atoms with van der Waals surface area (Å²) in [5.41, 5.74) is 3.23. The van der Waals surface area contributed by atoms with Crippen LogP contribution in [0.5, 0.6) is 0 Å². The first kappa shape index (κ1) is 24.2. The lowest BCUT2D eigenvalue weighted by atomic mass is 9.88. The second-order valence-corrected chi connectivity index (χ2v) is 9.02. The van der Waals surface area contributed by atoms with Crippen molar-refractivity contribution in [2.24, 2.45) is 5.92 Å². The van der Waals surface area contributed by atoms with Crippen LogP contribution in [0.4, 0.5) is 0 Å². The number of hydrogen-bond acceptors (Lipinski definition) is 3. The molecule has 1 saturated heterocycles. The highest BCUT2D eigenvalue weighted by atomic mass is 16.2. The summed E-state index contributed by atoms with van der Waals surface area (Å²) in [6, 6.07) is 25.5. The maximum absolute atomic E-state index is 13.3. The molecule has 3 aromatic carbocycles. The van der Waals surface area contributed by atoms with Crippen LogP contribution in [0.3, 0.4) is 0 Å². The minimum Gasteiger partial charge on any atom is -0.350 e. The van der Waals surface area contributed by atoms with Crippen LogP contribution >= 0.6 is 0 Å². The van der Waals surface area contributed by atoms with Gasteiger partial charge in [-0.1, -0.05) is 66.2 Å². The Bertz CT molecular complexity index is 1160. The summed E-state index contributed by atoms with van der Waals surface area (Å²) in [5.74, 6) is -0.545. The fourth-order valence-electron chi connectivity index (χ4n) is 4.50. The van der Waals surface area contributed by atoms with Crippen LogP contribution in [-0.4, -0.2) is 41.8 Å². The van der Waals surface area contributed by atoms with E-state index in [1.54, 1.807) is 24.3 Å². The van der Waals surface area contributed by atoms with E-state index < -0.39 is 6.04 Å². The summed E-state index contributed by atoms with van der Waals surface area (Å²) in [4.78, 5) is 41.0. The van der Waals surface area contributed by atoms with Gasteiger partial charge in [-0.15, -0.1) is 0 Å². The van der Waals surface area contributed by atoms with E-state index in [9.17, 15) is 14.4 Å². The number of nitrogens with zero attached hydrogens (tertiary/aromatic N) is 1. The third-order valence-electron chi connectivity index (χ3n) is 6.48. The second-order valence-electron chi connectivity index (χ2n) is 9.02. The zero-order chi connectivity index (χ0) is 24.6. The molecule has 6 nitrogen and oxygen atoms in total. The molecule has 1 aliphatic heterocycles. The van der Waals surface area contributed by atoms with Crippen LogP contribution in [0.2, 0.25) is 0 Å². The van der Waals surface area contributed by atoms with Crippen molar-refractivity contribution in [3.05, 3.63) is 107 Å². The number of aryl methyl sites for hydroxylation is 1. The highest BCUT2D eigenvalue weighted by molar-refractivity contribution is 5.97. The van der Waals surface area contributed by atoms with E-state index in [4.69, 9.17) is 0 Å². The molecule has 1 aliphatic rings. The normalized spacial score (nSPS) is 14.7. The molecule has 0 aromatic heterocycles. The second kappa shape index (κ2) is 11.5. The standard InChI is InChI=1S/C29H31N3O3/c1-21-9-8-14-25(19-21)29(35)32-17-15-23(16-18-32)26(31-27(33)24-12-6-3-7-13-24)28(34)30-20-22-10-4-2-5-11-22/h2-14,19,23,26H,15-18,20H2,1H3,(H,30,34)(H,31,33). The average Bonchev–Trinajstić information content (AvgIpc) is 2.91. The van der Waals surface area contributed by atoms with Crippen molar-refractivity contribution < 1.29 is 14.4 Å². The van der Waals surface area contributed by atoms with E-state index in [1.165, 1.54) is 0 Å². The SMILES string of the molecule is Cc1cccc(C(=O)N2CCC(C(NC(=O)c3ccccc3)C(=O)NCc3ccccc3)CC2)c1. The quantitative estimate of drug-likeness (QED) is 0.550. The molecule has 1 fully saturated rings. The van der Waals surface area contributed by atoms with Crippen LogP contribution in [0, 0.1) is 12.8 Å². The third-order valence-corrected chi connectivity index (χ3v) is 6.48. The number of rotatable bonds is 7. The van der Waals surface area contributed by atoms with E-state index in [-0.39, 0.29) is 23.6 Å². The molecule has 1 atom stereocenters. The van der Waals surface area contributed by atoms with Crippen molar-refractivity contribution in [1.29, 1.82) is 0 Å². The lowest BCUT2D eigenvalue weighted by Gasteiger charge is -2.36. The number of hydrogen-bond donors (Lipinski definition) is 2. The van der Waals surface area contributed by atoms with Gasteiger partial charge < -0.3 is 15.5 Å². The summed E-state index contributed by atoms with van der Waals surface area (Å²) in [7, 11) is 0. The fourth-order valence-corrected chi connectivity index (χ4v) is 4.50. The Labute approximate surface area is 206 Å². The molecule has 6 heteroatoms.